The van der Waals surface area contributed by atoms with Crippen molar-refractivity contribution in [3.63, 3.8) is 0 Å². The van der Waals surface area contributed by atoms with Crippen LogP contribution in [0.3, 0.4) is 0 Å². The van der Waals surface area contributed by atoms with E-state index in [0.29, 0.717) is 6.54 Å². The van der Waals surface area contributed by atoms with Gasteiger partial charge >= 0.3 is 0 Å². The Kier molecular flexibility index (Phi) is 4.10. The molecule has 0 bridgehead atoms. The molecular formula is C13H17N3O. The molecule has 1 aromatic carbocycles. The lowest BCUT2D eigenvalue weighted by Crippen LogP contribution is -2.45. The van der Waals surface area contributed by atoms with E-state index in [-0.39, 0.29) is 6.10 Å². The Labute approximate surface area is 102 Å². The molecular weight excluding hydrogens is 214 g/mol. The molecule has 4 nitrogen and oxygen atoms in total. The van der Waals surface area contributed by atoms with E-state index in [1.54, 1.807) is 0 Å². The first-order valence-electron chi connectivity index (χ1n) is 5.85. The van der Waals surface area contributed by atoms with Crippen molar-refractivity contribution in [3.8, 4) is 6.07 Å². The van der Waals surface area contributed by atoms with Crippen molar-refractivity contribution >= 4 is 0 Å². The standard InChI is InChI=1S/C13H17N3O/c14-7-11-3-1-2-4-12(11)9-16-5-6-17-13(8-15)10-16/h1-4,13H,5-6,8-10,15H2. The molecule has 0 amide bonds. The maximum absolute atomic E-state index is 9.03. The van der Waals surface area contributed by atoms with Crippen molar-refractivity contribution in [1.82, 2.24) is 4.90 Å². The van der Waals surface area contributed by atoms with Crippen LogP contribution in [0.2, 0.25) is 0 Å². The Morgan fingerprint density at radius 1 is 1.47 bits per heavy atom. The van der Waals surface area contributed by atoms with Crippen LogP contribution in [0.1, 0.15) is 11.1 Å². The van der Waals surface area contributed by atoms with Crippen LogP contribution in [0.5, 0.6) is 0 Å². The molecule has 1 aliphatic heterocycles. The minimum absolute atomic E-state index is 0.123. The first kappa shape index (κ1) is 12.1. The van der Waals surface area contributed by atoms with Crippen LogP contribution in [-0.4, -0.2) is 37.2 Å². The van der Waals surface area contributed by atoms with Crippen molar-refractivity contribution in [2.75, 3.05) is 26.2 Å². The Morgan fingerprint density at radius 3 is 3.06 bits per heavy atom. The summed E-state index contributed by atoms with van der Waals surface area (Å²) in [7, 11) is 0. The first-order valence-corrected chi connectivity index (χ1v) is 5.85. The van der Waals surface area contributed by atoms with Gasteiger partial charge in [0.15, 0.2) is 0 Å². The fraction of sp³-hybridized carbons (Fsp3) is 0.462. The normalized spacial score (nSPS) is 21.1. The van der Waals surface area contributed by atoms with Crippen molar-refractivity contribution in [2.24, 2.45) is 5.73 Å². The summed E-state index contributed by atoms with van der Waals surface area (Å²) in [6.45, 7) is 3.81. The second kappa shape index (κ2) is 5.78. The fourth-order valence-corrected chi connectivity index (χ4v) is 2.07. The Balaban J connectivity index is 2.03. The van der Waals surface area contributed by atoms with Gasteiger partial charge in [-0.15, -0.1) is 0 Å². The number of hydrogen-bond donors (Lipinski definition) is 1. The zero-order valence-electron chi connectivity index (χ0n) is 9.80. The minimum Gasteiger partial charge on any atom is -0.374 e. The molecule has 2 N–H and O–H groups in total. The van der Waals surface area contributed by atoms with E-state index < -0.39 is 0 Å². The molecule has 1 heterocycles. The number of nitrogens with two attached hydrogens (primary N) is 1. The minimum atomic E-state index is 0.123. The number of morpholine rings is 1. The van der Waals surface area contributed by atoms with Gasteiger partial charge in [-0.05, 0) is 11.6 Å². The number of hydrogen-bond acceptors (Lipinski definition) is 4. The molecule has 0 saturated carbocycles. The molecule has 17 heavy (non-hydrogen) atoms. The molecule has 1 aliphatic rings. The van der Waals surface area contributed by atoms with E-state index in [4.69, 9.17) is 15.7 Å². The topological polar surface area (TPSA) is 62.3 Å². The summed E-state index contributed by atoms with van der Waals surface area (Å²) in [6, 6.07) is 9.95. The molecule has 90 valence electrons. The average Bonchev–Trinajstić information content (AvgIpc) is 2.39. The molecule has 1 atom stereocenters. The maximum Gasteiger partial charge on any atom is 0.0995 e. The maximum atomic E-state index is 9.03. The lowest BCUT2D eigenvalue weighted by Gasteiger charge is -2.32. The average molecular weight is 231 g/mol. The quantitative estimate of drug-likeness (QED) is 0.832. The summed E-state index contributed by atoms with van der Waals surface area (Å²) in [4.78, 5) is 2.29. The van der Waals surface area contributed by atoms with Crippen LogP contribution in [0.15, 0.2) is 24.3 Å². The third-order valence-electron chi connectivity index (χ3n) is 3.02. The third-order valence-corrected chi connectivity index (χ3v) is 3.02. The fourth-order valence-electron chi connectivity index (χ4n) is 2.07. The number of ether oxygens (including phenoxy) is 1. The van der Waals surface area contributed by atoms with Gasteiger partial charge in [-0.2, -0.15) is 5.26 Å². The van der Waals surface area contributed by atoms with E-state index in [1.807, 2.05) is 24.3 Å². The van der Waals surface area contributed by atoms with Gasteiger partial charge in [0.25, 0.3) is 0 Å². The van der Waals surface area contributed by atoms with Gasteiger partial charge < -0.3 is 10.5 Å². The summed E-state index contributed by atoms with van der Waals surface area (Å²) in [5.74, 6) is 0. The SMILES string of the molecule is N#Cc1ccccc1CN1CCOC(CN)C1. The number of nitriles is 1. The monoisotopic (exact) mass is 231 g/mol. The molecule has 4 heteroatoms. The van der Waals surface area contributed by atoms with E-state index >= 15 is 0 Å². The molecule has 0 spiro atoms. The van der Waals surface area contributed by atoms with E-state index in [2.05, 4.69) is 11.0 Å². The highest BCUT2D eigenvalue weighted by atomic mass is 16.5. The zero-order chi connectivity index (χ0) is 12.1. The molecule has 1 saturated heterocycles. The van der Waals surface area contributed by atoms with Gasteiger partial charge in [0, 0.05) is 26.2 Å². The van der Waals surface area contributed by atoms with Gasteiger partial charge in [-0.1, -0.05) is 18.2 Å². The number of rotatable bonds is 3. The van der Waals surface area contributed by atoms with Crippen LogP contribution in [0, 0.1) is 11.3 Å². The van der Waals surface area contributed by atoms with Gasteiger partial charge in [0.2, 0.25) is 0 Å². The highest BCUT2D eigenvalue weighted by Crippen LogP contribution is 2.13. The summed E-state index contributed by atoms with van der Waals surface area (Å²) in [6.07, 6.45) is 0.123. The Hall–Kier alpha value is -1.41. The molecule has 0 radical (unpaired) electrons. The van der Waals surface area contributed by atoms with E-state index in [9.17, 15) is 0 Å². The van der Waals surface area contributed by atoms with E-state index in [0.717, 1.165) is 37.4 Å². The molecule has 1 fully saturated rings. The predicted molar refractivity (Wildman–Crippen MR) is 65.2 cm³/mol. The van der Waals surface area contributed by atoms with Crippen molar-refractivity contribution in [1.29, 1.82) is 5.26 Å². The van der Waals surface area contributed by atoms with Crippen molar-refractivity contribution in [3.05, 3.63) is 35.4 Å². The van der Waals surface area contributed by atoms with Crippen LogP contribution in [0.25, 0.3) is 0 Å². The predicted octanol–water partition coefficient (Wildman–Crippen LogP) is 0.718. The van der Waals surface area contributed by atoms with Crippen LogP contribution in [0.4, 0.5) is 0 Å². The van der Waals surface area contributed by atoms with Gasteiger partial charge in [-0.25, -0.2) is 0 Å². The second-order valence-electron chi connectivity index (χ2n) is 4.23. The molecule has 2 rings (SSSR count). The lowest BCUT2D eigenvalue weighted by molar-refractivity contribution is -0.0260. The van der Waals surface area contributed by atoms with Crippen LogP contribution < -0.4 is 5.73 Å². The zero-order valence-corrected chi connectivity index (χ0v) is 9.80. The largest absolute Gasteiger partial charge is 0.374 e. The molecule has 1 unspecified atom stereocenters. The number of benzene rings is 1. The summed E-state index contributed by atoms with van der Waals surface area (Å²) < 4.78 is 5.52. The van der Waals surface area contributed by atoms with Gasteiger partial charge in [-0.3, -0.25) is 4.90 Å². The summed E-state index contributed by atoms with van der Waals surface area (Å²) in [5, 5.41) is 9.03. The van der Waals surface area contributed by atoms with Crippen LogP contribution in [-0.2, 0) is 11.3 Å². The second-order valence-corrected chi connectivity index (χ2v) is 4.23. The van der Waals surface area contributed by atoms with E-state index in [1.165, 1.54) is 0 Å². The summed E-state index contributed by atoms with van der Waals surface area (Å²) in [5.41, 5.74) is 7.44. The third kappa shape index (κ3) is 3.04. The molecule has 0 aliphatic carbocycles. The van der Waals surface area contributed by atoms with Crippen molar-refractivity contribution in [2.45, 2.75) is 12.6 Å². The Morgan fingerprint density at radius 2 is 2.29 bits per heavy atom. The summed E-state index contributed by atoms with van der Waals surface area (Å²) >= 11 is 0. The van der Waals surface area contributed by atoms with Crippen molar-refractivity contribution < 1.29 is 4.74 Å². The molecule has 1 aromatic rings. The first-order chi connectivity index (χ1) is 8.33. The molecule has 0 aromatic heterocycles. The number of nitrogens with zero attached hydrogens (tertiary/aromatic N) is 2. The van der Waals surface area contributed by atoms with Gasteiger partial charge in [0.1, 0.15) is 0 Å². The highest BCUT2D eigenvalue weighted by Gasteiger charge is 2.19. The lowest BCUT2D eigenvalue weighted by atomic mass is 10.1. The van der Waals surface area contributed by atoms with Crippen LogP contribution >= 0.6 is 0 Å². The Bertz CT molecular complexity index is 413. The van der Waals surface area contributed by atoms with Gasteiger partial charge in [0.05, 0.1) is 24.3 Å². The smallest absolute Gasteiger partial charge is 0.0995 e. The highest BCUT2D eigenvalue weighted by molar-refractivity contribution is 5.37.